The Hall–Kier alpha value is -1.85. The molecule has 3 unspecified atom stereocenters. The van der Waals surface area contributed by atoms with Crippen molar-refractivity contribution in [2.75, 3.05) is 25.1 Å². The van der Waals surface area contributed by atoms with Crippen LogP contribution >= 0.6 is 11.8 Å². The van der Waals surface area contributed by atoms with Gasteiger partial charge in [-0.05, 0) is 50.2 Å². The van der Waals surface area contributed by atoms with Crippen molar-refractivity contribution in [1.82, 2.24) is 16.0 Å². The van der Waals surface area contributed by atoms with Crippen LogP contribution in [0, 0.1) is 5.92 Å². The number of thioether (sulfide) groups is 1. The number of carboxylic acid groups (broad SMARTS) is 1. The Balaban J connectivity index is 4.83. The largest absolute Gasteiger partial charge is 0.480 e. The molecule has 0 saturated carbocycles. The molecule has 11 heteroatoms. The highest BCUT2D eigenvalue weighted by molar-refractivity contribution is 7.98. The van der Waals surface area contributed by atoms with Crippen LogP contribution in [0.3, 0.4) is 0 Å². The van der Waals surface area contributed by atoms with Crippen LogP contribution in [0.15, 0.2) is 0 Å². The zero-order valence-corrected chi connectivity index (χ0v) is 18.2. The summed E-state index contributed by atoms with van der Waals surface area (Å²) < 4.78 is 0. The summed E-state index contributed by atoms with van der Waals surface area (Å²) in [6.45, 7) is 3.71. The normalized spacial score (nSPS) is 14.0. The molecule has 0 spiro atoms. The number of aliphatic carboxylic acids is 1. The molecule has 0 aliphatic carbocycles. The second-order valence-electron chi connectivity index (χ2n) is 7.07. The van der Waals surface area contributed by atoms with Crippen molar-refractivity contribution >= 4 is 35.5 Å². The van der Waals surface area contributed by atoms with Crippen molar-refractivity contribution < 1.29 is 24.3 Å². The Morgan fingerprint density at radius 1 is 1.00 bits per heavy atom. The highest BCUT2D eigenvalue weighted by Gasteiger charge is 2.26. The van der Waals surface area contributed by atoms with Crippen molar-refractivity contribution in [3.05, 3.63) is 0 Å². The third-order valence-corrected chi connectivity index (χ3v) is 4.91. The van der Waals surface area contributed by atoms with Gasteiger partial charge >= 0.3 is 5.97 Å². The van der Waals surface area contributed by atoms with Crippen LogP contribution in [0.2, 0.25) is 0 Å². The first kappa shape index (κ1) is 27.1. The molecule has 0 saturated heterocycles. The Morgan fingerprint density at radius 3 is 2.17 bits per heavy atom. The zero-order valence-electron chi connectivity index (χ0n) is 17.4. The first-order valence-corrected chi connectivity index (χ1v) is 11.1. The predicted octanol–water partition coefficient (Wildman–Crippen LogP) is -0.978. The van der Waals surface area contributed by atoms with E-state index in [0.717, 1.165) is 0 Å². The van der Waals surface area contributed by atoms with Crippen LogP contribution in [0.5, 0.6) is 0 Å². The van der Waals surface area contributed by atoms with Gasteiger partial charge < -0.3 is 32.5 Å². The van der Waals surface area contributed by atoms with E-state index in [9.17, 15) is 24.3 Å². The number of unbranched alkanes of at least 4 members (excludes halogenated alkanes) is 1. The van der Waals surface area contributed by atoms with E-state index in [4.69, 9.17) is 11.5 Å². The molecule has 0 aliphatic heterocycles. The fourth-order valence-electron chi connectivity index (χ4n) is 2.36. The zero-order chi connectivity index (χ0) is 22.4. The van der Waals surface area contributed by atoms with Crippen LogP contribution < -0.4 is 27.4 Å². The first-order valence-electron chi connectivity index (χ1n) is 9.68. The fraction of sp³-hybridized carbons (Fsp3) is 0.778. The number of carboxylic acids is 1. The minimum absolute atomic E-state index is 0.0783. The monoisotopic (exact) mass is 433 g/mol. The number of hydrogen-bond acceptors (Lipinski definition) is 7. The Morgan fingerprint density at radius 2 is 1.66 bits per heavy atom. The SMILES string of the molecule is CSCCC(NC(=O)CNC(=O)C(N)C(C)C)C(=O)NC(CCCCN)C(=O)O. The standard InChI is InChI=1S/C18H35N5O5S/c1-11(2)15(20)17(26)21-10-14(24)22-12(7-9-29-3)16(25)23-13(18(27)28)6-4-5-8-19/h11-13,15H,4-10,19-20H2,1-3H3,(H,21,26)(H,22,24)(H,23,25)(H,27,28). The molecule has 0 aromatic carbocycles. The molecule has 0 fully saturated rings. The van der Waals surface area contributed by atoms with Gasteiger partial charge in [0.25, 0.3) is 0 Å². The van der Waals surface area contributed by atoms with Gasteiger partial charge in [-0.2, -0.15) is 11.8 Å². The molecule has 3 atom stereocenters. The minimum Gasteiger partial charge on any atom is -0.480 e. The van der Waals surface area contributed by atoms with Gasteiger partial charge in [-0.25, -0.2) is 4.79 Å². The number of hydrogen-bond donors (Lipinski definition) is 6. The maximum Gasteiger partial charge on any atom is 0.326 e. The summed E-state index contributed by atoms with van der Waals surface area (Å²) >= 11 is 1.49. The number of nitrogens with one attached hydrogen (secondary N) is 3. The quantitative estimate of drug-likeness (QED) is 0.179. The molecule has 168 valence electrons. The van der Waals surface area contributed by atoms with Crippen LogP contribution in [-0.2, 0) is 19.2 Å². The molecule has 10 nitrogen and oxygen atoms in total. The van der Waals surface area contributed by atoms with Crippen molar-refractivity contribution in [1.29, 1.82) is 0 Å². The lowest BCUT2D eigenvalue weighted by molar-refractivity contribution is -0.142. The average Bonchev–Trinajstić information content (AvgIpc) is 2.67. The lowest BCUT2D eigenvalue weighted by Crippen LogP contribution is -2.54. The average molecular weight is 434 g/mol. The van der Waals surface area contributed by atoms with Gasteiger partial charge in [0.1, 0.15) is 12.1 Å². The second-order valence-corrected chi connectivity index (χ2v) is 8.06. The number of amides is 3. The Labute approximate surface area is 176 Å². The molecule has 3 amide bonds. The van der Waals surface area contributed by atoms with Gasteiger partial charge in [-0.3, -0.25) is 14.4 Å². The molecule has 0 rings (SSSR count). The summed E-state index contributed by atoms with van der Waals surface area (Å²) in [6.07, 6.45) is 3.66. The summed E-state index contributed by atoms with van der Waals surface area (Å²) in [5, 5.41) is 16.8. The van der Waals surface area contributed by atoms with Crippen LogP contribution in [0.1, 0.15) is 39.5 Å². The van der Waals surface area contributed by atoms with Gasteiger partial charge in [-0.15, -0.1) is 0 Å². The van der Waals surface area contributed by atoms with Crippen molar-refractivity contribution in [3.63, 3.8) is 0 Å². The molecule has 8 N–H and O–H groups in total. The number of carbonyl (C=O) groups excluding carboxylic acids is 3. The molecule has 0 aromatic heterocycles. The Bertz CT molecular complexity index is 547. The molecular weight excluding hydrogens is 398 g/mol. The summed E-state index contributed by atoms with van der Waals surface area (Å²) in [6, 6.07) is -2.68. The van der Waals surface area contributed by atoms with Crippen LogP contribution in [0.25, 0.3) is 0 Å². The molecule has 0 aliphatic rings. The molecule has 0 heterocycles. The van der Waals surface area contributed by atoms with Crippen LogP contribution in [0.4, 0.5) is 0 Å². The predicted molar refractivity (Wildman–Crippen MR) is 113 cm³/mol. The third kappa shape index (κ3) is 11.7. The van der Waals surface area contributed by atoms with Gasteiger partial charge in [0, 0.05) is 0 Å². The molecule has 29 heavy (non-hydrogen) atoms. The van der Waals surface area contributed by atoms with E-state index in [0.29, 0.717) is 31.6 Å². The van der Waals surface area contributed by atoms with E-state index in [1.54, 1.807) is 13.8 Å². The lowest BCUT2D eigenvalue weighted by atomic mass is 10.1. The topological polar surface area (TPSA) is 177 Å². The summed E-state index contributed by atoms with van der Waals surface area (Å²) in [5.74, 6) is -2.20. The van der Waals surface area contributed by atoms with E-state index in [-0.39, 0.29) is 18.9 Å². The molecule has 0 bridgehead atoms. The fourth-order valence-corrected chi connectivity index (χ4v) is 2.83. The van der Waals surface area contributed by atoms with Gasteiger partial charge in [0.15, 0.2) is 0 Å². The number of nitrogens with two attached hydrogens (primary N) is 2. The van der Waals surface area contributed by atoms with E-state index in [2.05, 4.69) is 16.0 Å². The van der Waals surface area contributed by atoms with Gasteiger partial charge in [0.05, 0.1) is 12.6 Å². The molecule has 0 radical (unpaired) electrons. The summed E-state index contributed by atoms with van der Waals surface area (Å²) in [7, 11) is 0. The molecule has 0 aromatic rings. The number of rotatable bonds is 15. The minimum atomic E-state index is -1.14. The number of carbonyl (C=O) groups is 4. The lowest BCUT2D eigenvalue weighted by Gasteiger charge is -2.22. The third-order valence-electron chi connectivity index (χ3n) is 4.27. The summed E-state index contributed by atoms with van der Waals surface area (Å²) in [4.78, 5) is 47.9. The van der Waals surface area contributed by atoms with E-state index >= 15 is 0 Å². The first-order chi connectivity index (χ1) is 13.6. The van der Waals surface area contributed by atoms with Crippen molar-refractivity contribution in [2.45, 2.75) is 57.7 Å². The smallest absolute Gasteiger partial charge is 0.326 e. The highest BCUT2D eigenvalue weighted by Crippen LogP contribution is 2.05. The van der Waals surface area contributed by atoms with Gasteiger partial charge in [-0.1, -0.05) is 13.8 Å². The van der Waals surface area contributed by atoms with E-state index in [1.165, 1.54) is 11.8 Å². The van der Waals surface area contributed by atoms with Gasteiger partial charge in [0.2, 0.25) is 17.7 Å². The molecular formula is C18H35N5O5S. The highest BCUT2D eigenvalue weighted by atomic mass is 32.2. The summed E-state index contributed by atoms with van der Waals surface area (Å²) in [5.41, 5.74) is 11.1. The maximum atomic E-state index is 12.5. The maximum absolute atomic E-state index is 12.5. The van der Waals surface area contributed by atoms with Crippen molar-refractivity contribution in [3.8, 4) is 0 Å². The Kier molecular flexibility index (Phi) is 14.1. The van der Waals surface area contributed by atoms with Crippen LogP contribution in [-0.4, -0.2) is 72.0 Å². The van der Waals surface area contributed by atoms with E-state index < -0.39 is 41.8 Å². The van der Waals surface area contributed by atoms with E-state index in [1.807, 2.05) is 6.26 Å². The van der Waals surface area contributed by atoms with Crippen molar-refractivity contribution in [2.24, 2.45) is 17.4 Å². The second kappa shape index (κ2) is 15.1.